The molecule has 0 aliphatic carbocycles. The lowest BCUT2D eigenvalue weighted by atomic mass is 10.2. The Morgan fingerprint density at radius 1 is 1.04 bits per heavy atom. The molecule has 9 heteroatoms. The van der Waals surface area contributed by atoms with Crippen LogP contribution in [0.2, 0.25) is 0 Å². The standard InChI is InChI=1S/C16H13FN2O5S/c17-11-5-2-1-4-10(11)15(22)18-8-14(21)24-9-13(20)19-16(23)12-6-3-7-25-12/h1-7H,8-9H2,(H,18,22)(H,19,20,23). The number of hydrogen-bond acceptors (Lipinski definition) is 6. The van der Waals surface area contributed by atoms with E-state index in [1.54, 1.807) is 11.4 Å². The second-order valence-electron chi connectivity index (χ2n) is 4.68. The van der Waals surface area contributed by atoms with Gasteiger partial charge in [-0.15, -0.1) is 11.3 Å². The predicted molar refractivity (Wildman–Crippen MR) is 86.5 cm³/mol. The maximum atomic E-state index is 13.4. The van der Waals surface area contributed by atoms with Gasteiger partial charge in [-0.05, 0) is 23.6 Å². The average Bonchev–Trinajstić information content (AvgIpc) is 3.13. The van der Waals surface area contributed by atoms with Crippen molar-refractivity contribution in [1.82, 2.24) is 10.6 Å². The number of benzene rings is 1. The molecule has 0 unspecified atom stereocenters. The molecule has 0 bridgehead atoms. The van der Waals surface area contributed by atoms with Crippen molar-refractivity contribution in [2.75, 3.05) is 13.2 Å². The third kappa shape index (κ3) is 5.50. The Balaban J connectivity index is 1.72. The molecule has 7 nitrogen and oxygen atoms in total. The minimum atomic E-state index is -0.900. The number of rotatable bonds is 6. The molecule has 0 spiro atoms. The van der Waals surface area contributed by atoms with Crippen molar-refractivity contribution in [3.05, 3.63) is 58.0 Å². The van der Waals surface area contributed by atoms with Gasteiger partial charge >= 0.3 is 5.97 Å². The summed E-state index contributed by atoms with van der Waals surface area (Å²) in [5, 5.41) is 5.91. The van der Waals surface area contributed by atoms with Crippen LogP contribution in [0.1, 0.15) is 20.0 Å². The van der Waals surface area contributed by atoms with E-state index >= 15 is 0 Å². The first-order valence-electron chi connectivity index (χ1n) is 7.03. The van der Waals surface area contributed by atoms with Gasteiger partial charge in [0.1, 0.15) is 12.4 Å². The lowest BCUT2D eigenvalue weighted by molar-refractivity contribution is -0.147. The molecule has 1 aromatic carbocycles. The van der Waals surface area contributed by atoms with Crippen LogP contribution in [0.15, 0.2) is 41.8 Å². The van der Waals surface area contributed by atoms with Crippen LogP contribution >= 0.6 is 11.3 Å². The summed E-state index contributed by atoms with van der Waals surface area (Å²) in [6.45, 7) is -1.22. The van der Waals surface area contributed by atoms with E-state index in [4.69, 9.17) is 0 Å². The van der Waals surface area contributed by atoms with Crippen LogP contribution in [0.4, 0.5) is 4.39 Å². The first-order valence-corrected chi connectivity index (χ1v) is 7.91. The zero-order valence-corrected chi connectivity index (χ0v) is 13.6. The molecule has 3 amide bonds. The Bertz CT molecular complexity index is 792. The fraction of sp³-hybridized carbons (Fsp3) is 0.125. The zero-order chi connectivity index (χ0) is 18.2. The van der Waals surface area contributed by atoms with Crippen LogP contribution in [-0.4, -0.2) is 36.8 Å². The molecule has 1 aromatic heterocycles. The molecule has 0 fully saturated rings. The van der Waals surface area contributed by atoms with Crippen molar-refractivity contribution in [3.8, 4) is 0 Å². The van der Waals surface area contributed by atoms with Gasteiger partial charge < -0.3 is 10.1 Å². The zero-order valence-electron chi connectivity index (χ0n) is 12.8. The van der Waals surface area contributed by atoms with Gasteiger partial charge in [0, 0.05) is 0 Å². The predicted octanol–water partition coefficient (Wildman–Crippen LogP) is 1.12. The molecule has 130 valence electrons. The molecule has 25 heavy (non-hydrogen) atoms. The van der Waals surface area contributed by atoms with Crippen molar-refractivity contribution in [2.45, 2.75) is 0 Å². The number of thiophene rings is 1. The number of nitrogens with one attached hydrogen (secondary N) is 2. The highest BCUT2D eigenvalue weighted by atomic mass is 32.1. The molecule has 0 saturated carbocycles. The fourth-order valence-electron chi connectivity index (χ4n) is 1.72. The van der Waals surface area contributed by atoms with Crippen LogP contribution in [0.3, 0.4) is 0 Å². The van der Waals surface area contributed by atoms with E-state index in [0.29, 0.717) is 4.88 Å². The Morgan fingerprint density at radius 2 is 1.80 bits per heavy atom. The van der Waals surface area contributed by atoms with E-state index in [0.717, 1.165) is 17.4 Å². The molecule has 0 radical (unpaired) electrons. The normalized spacial score (nSPS) is 9.96. The Hall–Kier alpha value is -3.07. The molecule has 2 rings (SSSR count). The maximum Gasteiger partial charge on any atom is 0.325 e. The molecular weight excluding hydrogens is 351 g/mol. The molecule has 0 aliphatic rings. The number of carbonyl (C=O) groups excluding carboxylic acids is 4. The largest absolute Gasteiger partial charge is 0.454 e. The highest BCUT2D eigenvalue weighted by molar-refractivity contribution is 7.12. The molecule has 0 saturated heterocycles. The van der Waals surface area contributed by atoms with Gasteiger partial charge in [-0.3, -0.25) is 24.5 Å². The van der Waals surface area contributed by atoms with E-state index in [9.17, 15) is 23.6 Å². The van der Waals surface area contributed by atoms with Gasteiger partial charge in [-0.1, -0.05) is 18.2 Å². The Morgan fingerprint density at radius 3 is 2.48 bits per heavy atom. The fourth-order valence-corrected chi connectivity index (χ4v) is 2.34. The summed E-state index contributed by atoms with van der Waals surface area (Å²) >= 11 is 1.16. The van der Waals surface area contributed by atoms with E-state index in [-0.39, 0.29) is 5.56 Å². The summed E-state index contributed by atoms with van der Waals surface area (Å²) < 4.78 is 18.0. The minimum Gasteiger partial charge on any atom is -0.454 e. The Labute approximate surface area is 145 Å². The molecule has 2 N–H and O–H groups in total. The van der Waals surface area contributed by atoms with Crippen molar-refractivity contribution >= 4 is 35.0 Å². The lowest BCUT2D eigenvalue weighted by Crippen LogP contribution is -2.36. The highest BCUT2D eigenvalue weighted by Crippen LogP contribution is 2.07. The van der Waals surface area contributed by atoms with Crippen molar-refractivity contribution in [3.63, 3.8) is 0 Å². The molecule has 0 atom stereocenters. The highest BCUT2D eigenvalue weighted by Gasteiger charge is 2.15. The summed E-state index contributed by atoms with van der Waals surface area (Å²) in [7, 11) is 0. The maximum absolute atomic E-state index is 13.4. The van der Waals surface area contributed by atoms with Crippen LogP contribution in [-0.2, 0) is 14.3 Å². The molecule has 0 aliphatic heterocycles. The number of halogens is 1. The van der Waals surface area contributed by atoms with Gasteiger partial charge in [0.05, 0.1) is 10.4 Å². The molecule has 1 heterocycles. The summed E-state index contributed by atoms with van der Waals surface area (Å²) in [6.07, 6.45) is 0. The van der Waals surface area contributed by atoms with Crippen molar-refractivity contribution in [1.29, 1.82) is 0 Å². The SMILES string of the molecule is O=C(COC(=O)CNC(=O)c1ccccc1F)NC(=O)c1cccs1. The van der Waals surface area contributed by atoms with E-state index in [2.05, 4.69) is 15.4 Å². The number of ether oxygens (including phenoxy) is 1. The smallest absolute Gasteiger partial charge is 0.325 e. The van der Waals surface area contributed by atoms with E-state index < -0.39 is 42.7 Å². The van der Waals surface area contributed by atoms with Crippen LogP contribution < -0.4 is 10.6 Å². The monoisotopic (exact) mass is 364 g/mol. The van der Waals surface area contributed by atoms with Gasteiger partial charge in [-0.25, -0.2) is 4.39 Å². The first-order chi connectivity index (χ1) is 12.0. The van der Waals surface area contributed by atoms with Crippen molar-refractivity contribution < 1.29 is 28.3 Å². The number of hydrogen-bond donors (Lipinski definition) is 2. The first kappa shape index (κ1) is 18.3. The van der Waals surface area contributed by atoms with Crippen LogP contribution in [0, 0.1) is 5.82 Å². The average molecular weight is 364 g/mol. The summed E-state index contributed by atoms with van der Waals surface area (Å²) in [4.78, 5) is 46.7. The number of imide groups is 1. The van der Waals surface area contributed by atoms with E-state index in [1.165, 1.54) is 24.3 Å². The summed E-state index contributed by atoms with van der Waals surface area (Å²) in [5.74, 6) is -3.80. The quantitative estimate of drug-likeness (QED) is 0.748. The second-order valence-corrected chi connectivity index (χ2v) is 5.63. The lowest BCUT2D eigenvalue weighted by Gasteiger charge is -2.07. The third-order valence-electron chi connectivity index (χ3n) is 2.87. The summed E-state index contributed by atoms with van der Waals surface area (Å²) in [5.41, 5.74) is -0.213. The number of carbonyl (C=O) groups is 4. The van der Waals surface area contributed by atoms with Gasteiger partial charge in [0.15, 0.2) is 6.61 Å². The van der Waals surface area contributed by atoms with Gasteiger partial charge in [0.2, 0.25) is 0 Å². The number of amides is 3. The third-order valence-corrected chi connectivity index (χ3v) is 3.74. The van der Waals surface area contributed by atoms with Crippen LogP contribution in [0.25, 0.3) is 0 Å². The van der Waals surface area contributed by atoms with Crippen molar-refractivity contribution in [2.24, 2.45) is 0 Å². The van der Waals surface area contributed by atoms with E-state index in [1.807, 2.05) is 0 Å². The topological polar surface area (TPSA) is 102 Å². The minimum absolute atomic E-state index is 0.213. The number of esters is 1. The van der Waals surface area contributed by atoms with Crippen LogP contribution in [0.5, 0.6) is 0 Å². The van der Waals surface area contributed by atoms with Gasteiger partial charge in [-0.2, -0.15) is 0 Å². The van der Waals surface area contributed by atoms with Gasteiger partial charge in [0.25, 0.3) is 17.7 Å². The summed E-state index contributed by atoms with van der Waals surface area (Å²) in [6, 6.07) is 8.48. The molecular formula is C16H13FN2O5S. The second kappa shape index (κ2) is 8.69. The Kier molecular flexibility index (Phi) is 6.35. The molecule has 2 aromatic rings.